The summed E-state index contributed by atoms with van der Waals surface area (Å²) in [7, 11) is 5.94. The number of ether oxygens (including phenoxy) is 3. The zero-order valence-electron chi connectivity index (χ0n) is 22.9. The summed E-state index contributed by atoms with van der Waals surface area (Å²) in [6.07, 6.45) is 1.63. The quantitative estimate of drug-likeness (QED) is 0.275. The fraction of sp³-hybridized carbons (Fsp3) is 0.200. The third-order valence-corrected chi connectivity index (χ3v) is 7.49. The molecule has 3 aromatic carbocycles. The fourth-order valence-corrected chi connectivity index (χ4v) is 5.16. The summed E-state index contributed by atoms with van der Waals surface area (Å²) in [5.74, 6) is -0.242. The van der Waals surface area contributed by atoms with Crippen LogP contribution in [0.3, 0.4) is 0 Å². The molecule has 10 nitrogen and oxygen atoms in total. The molecule has 0 aliphatic carbocycles. The van der Waals surface area contributed by atoms with E-state index in [9.17, 15) is 19.2 Å². The molecule has 1 heterocycles. The van der Waals surface area contributed by atoms with Crippen molar-refractivity contribution in [1.82, 2.24) is 10.2 Å². The highest BCUT2D eigenvalue weighted by atomic mass is 32.2. The molecule has 1 unspecified atom stereocenters. The predicted molar refractivity (Wildman–Crippen MR) is 155 cm³/mol. The van der Waals surface area contributed by atoms with Gasteiger partial charge >= 0.3 is 0 Å². The van der Waals surface area contributed by atoms with E-state index >= 15 is 0 Å². The highest BCUT2D eigenvalue weighted by Crippen LogP contribution is 2.36. The van der Waals surface area contributed by atoms with Crippen molar-refractivity contribution < 1.29 is 33.4 Å². The van der Waals surface area contributed by atoms with Gasteiger partial charge in [0, 0.05) is 41.2 Å². The number of benzene rings is 3. The Bertz CT molecular complexity index is 1490. The Hall–Kier alpha value is -4.77. The van der Waals surface area contributed by atoms with Crippen LogP contribution in [-0.4, -0.2) is 62.2 Å². The lowest BCUT2D eigenvalue weighted by Crippen LogP contribution is -2.30. The lowest BCUT2D eigenvalue weighted by atomic mass is 10.1. The van der Waals surface area contributed by atoms with E-state index in [0.29, 0.717) is 34.1 Å². The van der Waals surface area contributed by atoms with Gasteiger partial charge in [0.2, 0.25) is 11.8 Å². The minimum atomic E-state index is -0.579. The molecule has 4 amide bonds. The molecule has 1 saturated heterocycles. The maximum Gasteiger partial charge on any atom is 0.272 e. The lowest BCUT2D eigenvalue weighted by molar-refractivity contribution is -0.136. The Morgan fingerprint density at radius 3 is 2.12 bits per heavy atom. The van der Waals surface area contributed by atoms with Gasteiger partial charge in [0.15, 0.2) is 11.5 Å². The van der Waals surface area contributed by atoms with Crippen LogP contribution in [0.5, 0.6) is 17.2 Å². The van der Waals surface area contributed by atoms with Crippen molar-refractivity contribution in [3.05, 3.63) is 83.6 Å². The summed E-state index contributed by atoms with van der Waals surface area (Å²) in [4.78, 5) is 52.4. The second-order valence-corrected chi connectivity index (χ2v) is 10.2. The molecular formula is C30H29N3O7S. The van der Waals surface area contributed by atoms with Crippen molar-refractivity contribution in [2.45, 2.75) is 16.6 Å². The SMILES string of the molecule is COc1cc(OC)c(OC)cc1/C=C(\NC(=O)c1ccccc1)C(=O)Nc1ccc(SC2CC(=O)N(C)C2=O)cc1. The molecule has 0 bridgehead atoms. The molecule has 0 radical (unpaired) electrons. The molecule has 1 atom stereocenters. The second-order valence-electron chi connectivity index (χ2n) is 8.91. The molecule has 212 valence electrons. The summed E-state index contributed by atoms with van der Waals surface area (Å²) in [5, 5.41) is 5.01. The number of hydrogen-bond acceptors (Lipinski definition) is 8. The van der Waals surface area contributed by atoms with E-state index in [1.54, 1.807) is 66.7 Å². The number of rotatable bonds is 10. The number of likely N-dealkylation sites (tertiary alicyclic amines) is 1. The van der Waals surface area contributed by atoms with Gasteiger partial charge in [-0.25, -0.2) is 0 Å². The number of carbonyl (C=O) groups excluding carboxylic acids is 4. The molecular weight excluding hydrogens is 546 g/mol. The molecule has 4 rings (SSSR count). The molecule has 0 spiro atoms. The monoisotopic (exact) mass is 575 g/mol. The van der Waals surface area contributed by atoms with Crippen LogP contribution in [0.4, 0.5) is 5.69 Å². The molecule has 0 aromatic heterocycles. The molecule has 1 aliphatic heterocycles. The topological polar surface area (TPSA) is 123 Å². The highest BCUT2D eigenvalue weighted by Gasteiger charge is 2.36. The number of methoxy groups -OCH3 is 3. The van der Waals surface area contributed by atoms with Crippen molar-refractivity contribution >= 4 is 47.2 Å². The van der Waals surface area contributed by atoms with Crippen LogP contribution in [0.1, 0.15) is 22.3 Å². The molecule has 1 fully saturated rings. The summed E-state index contributed by atoms with van der Waals surface area (Å²) in [5.41, 5.74) is 1.26. The first kappa shape index (κ1) is 29.2. The first-order valence-corrected chi connectivity index (χ1v) is 13.4. The van der Waals surface area contributed by atoms with E-state index in [-0.39, 0.29) is 23.9 Å². The summed E-state index contributed by atoms with van der Waals surface area (Å²) in [6.45, 7) is 0. The Balaban J connectivity index is 1.59. The van der Waals surface area contributed by atoms with Crippen LogP contribution in [0, 0.1) is 0 Å². The zero-order chi connectivity index (χ0) is 29.5. The van der Waals surface area contributed by atoms with Gasteiger partial charge in [-0.15, -0.1) is 11.8 Å². The lowest BCUT2D eigenvalue weighted by Gasteiger charge is -2.15. The van der Waals surface area contributed by atoms with Crippen molar-refractivity contribution in [2.75, 3.05) is 33.7 Å². The van der Waals surface area contributed by atoms with Crippen LogP contribution >= 0.6 is 11.8 Å². The van der Waals surface area contributed by atoms with Gasteiger partial charge in [-0.2, -0.15) is 0 Å². The fourth-order valence-electron chi connectivity index (χ4n) is 4.06. The van der Waals surface area contributed by atoms with E-state index in [4.69, 9.17) is 14.2 Å². The second kappa shape index (κ2) is 13.1. The van der Waals surface area contributed by atoms with E-state index in [1.807, 2.05) is 0 Å². The minimum Gasteiger partial charge on any atom is -0.496 e. The number of nitrogens with zero attached hydrogens (tertiary/aromatic N) is 1. The molecule has 11 heteroatoms. The minimum absolute atomic E-state index is 0.0408. The van der Waals surface area contributed by atoms with Crippen LogP contribution in [0.25, 0.3) is 6.08 Å². The Kier molecular flexibility index (Phi) is 9.30. The largest absolute Gasteiger partial charge is 0.496 e. The van der Waals surface area contributed by atoms with E-state index in [0.717, 1.165) is 9.80 Å². The maximum absolute atomic E-state index is 13.5. The van der Waals surface area contributed by atoms with Crippen LogP contribution in [0.2, 0.25) is 0 Å². The van der Waals surface area contributed by atoms with Crippen molar-refractivity contribution in [2.24, 2.45) is 0 Å². The number of anilines is 1. The van der Waals surface area contributed by atoms with Gasteiger partial charge in [0.25, 0.3) is 11.8 Å². The Morgan fingerprint density at radius 2 is 1.54 bits per heavy atom. The summed E-state index contributed by atoms with van der Waals surface area (Å²) >= 11 is 1.29. The van der Waals surface area contributed by atoms with E-state index < -0.39 is 17.1 Å². The molecule has 3 aromatic rings. The highest BCUT2D eigenvalue weighted by molar-refractivity contribution is 8.00. The van der Waals surface area contributed by atoms with Gasteiger partial charge in [-0.1, -0.05) is 18.2 Å². The standard InChI is InChI=1S/C30H29N3O7S/c1-33-27(34)17-26(30(33)37)41-21-12-10-20(11-13-21)31-29(36)22(32-28(35)18-8-6-5-7-9-18)14-19-15-24(39-3)25(40-4)16-23(19)38-2/h5-16,26H,17H2,1-4H3,(H,31,36)(H,32,35)/b22-14-. The first-order chi connectivity index (χ1) is 19.7. The molecule has 1 aliphatic rings. The number of nitrogens with one attached hydrogen (secondary N) is 2. The van der Waals surface area contributed by atoms with Crippen LogP contribution in [-0.2, 0) is 14.4 Å². The normalized spacial score (nSPS) is 15.0. The Labute approximate surface area is 241 Å². The number of carbonyl (C=O) groups is 4. The van der Waals surface area contributed by atoms with Gasteiger partial charge in [0.1, 0.15) is 11.4 Å². The van der Waals surface area contributed by atoms with E-state index in [2.05, 4.69) is 10.6 Å². The van der Waals surface area contributed by atoms with Gasteiger partial charge in [-0.3, -0.25) is 24.1 Å². The smallest absolute Gasteiger partial charge is 0.272 e. The average molecular weight is 576 g/mol. The molecule has 41 heavy (non-hydrogen) atoms. The van der Waals surface area contributed by atoms with Crippen molar-refractivity contribution in [3.63, 3.8) is 0 Å². The first-order valence-electron chi connectivity index (χ1n) is 12.5. The summed E-state index contributed by atoms with van der Waals surface area (Å²) < 4.78 is 16.2. The zero-order valence-corrected chi connectivity index (χ0v) is 23.7. The van der Waals surface area contributed by atoms with Gasteiger partial charge < -0.3 is 24.8 Å². The number of hydrogen-bond donors (Lipinski definition) is 2. The van der Waals surface area contributed by atoms with E-state index in [1.165, 1.54) is 46.2 Å². The molecule has 0 saturated carbocycles. The Morgan fingerprint density at radius 1 is 0.902 bits per heavy atom. The van der Waals surface area contributed by atoms with Crippen molar-refractivity contribution in [3.8, 4) is 17.2 Å². The maximum atomic E-state index is 13.5. The average Bonchev–Trinajstić information content (AvgIpc) is 3.23. The van der Waals surface area contributed by atoms with Gasteiger partial charge in [0.05, 0.1) is 26.6 Å². The van der Waals surface area contributed by atoms with Crippen molar-refractivity contribution in [1.29, 1.82) is 0 Å². The third kappa shape index (κ3) is 6.87. The van der Waals surface area contributed by atoms with Gasteiger partial charge in [-0.05, 0) is 48.5 Å². The number of imide groups is 1. The number of amides is 4. The number of thioether (sulfide) groups is 1. The third-order valence-electron chi connectivity index (χ3n) is 6.30. The van der Waals surface area contributed by atoms with Crippen LogP contribution < -0.4 is 24.8 Å². The molecule has 2 N–H and O–H groups in total. The summed E-state index contributed by atoms with van der Waals surface area (Å²) in [6, 6.07) is 18.6. The van der Waals surface area contributed by atoms with Crippen LogP contribution in [0.15, 0.2) is 77.3 Å². The predicted octanol–water partition coefficient (Wildman–Crippen LogP) is 3.97.